The van der Waals surface area contributed by atoms with Crippen LogP contribution in [0.15, 0.2) is 63.9 Å². The summed E-state index contributed by atoms with van der Waals surface area (Å²) < 4.78 is 18.3. The lowest BCUT2D eigenvalue weighted by Crippen LogP contribution is -2.28. The van der Waals surface area contributed by atoms with Crippen molar-refractivity contribution < 1.29 is 19.0 Å². The molecule has 1 N–H and O–H groups in total. The van der Waals surface area contributed by atoms with Crippen molar-refractivity contribution in [2.24, 2.45) is 0 Å². The Morgan fingerprint density at radius 2 is 1.89 bits per heavy atom. The van der Waals surface area contributed by atoms with Crippen LogP contribution in [0.2, 0.25) is 0 Å². The maximum Gasteiger partial charge on any atom is 0.272 e. The van der Waals surface area contributed by atoms with E-state index in [9.17, 15) is 9.59 Å². The molecule has 4 rings (SSSR count). The first-order valence-electron chi connectivity index (χ1n) is 11.8. The van der Waals surface area contributed by atoms with E-state index >= 15 is 0 Å². The number of aryl methyl sites for hydroxylation is 1. The third kappa shape index (κ3) is 6.08. The zero-order valence-electron chi connectivity index (χ0n) is 21.1. The van der Waals surface area contributed by atoms with E-state index in [2.05, 4.69) is 5.32 Å². The molecule has 0 saturated carbocycles. The maximum atomic E-state index is 13.4. The second kappa shape index (κ2) is 12.2. The van der Waals surface area contributed by atoms with Crippen molar-refractivity contribution in [2.45, 2.75) is 36.7 Å². The van der Waals surface area contributed by atoms with Crippen molar-refractivity contribution >= 4 is 44.9 Å². The Kier molecular flexibility index (Phi) is 8.73. The predicted octanol–water partition coefficient (Wildman–Crippen LogP) is 5.24. The van der Waals surface area contributed by atoms with Gasteiger partial charge in [0.05, 0.1) is 32.1 Å². The van der Waals surface area contributed by atoms with Gasteiger partial charge in [-0.1, -0.05) is 30.8 Å². The number of anilines is 1. The van der Waals surface area contributed by atoms with Gasteiger partial charge < -0.3 is 19.5 Å². The van der Waals surface area contributed by atoms with Gasteiger partial charge in [0.1, 0.15) is 10.4 Å². The van der Waals surface area contributed by atoms with E-state index in [1.165, 1.54) is 23.1 Å². The molecule has 0 radical (unpaired) electrons. The van der Waals surface area contributed by atoms with Gasteiger partial charge in [0.25, 0.3) is 5.56 Å². The predicted molar refractivity (Wildman–Crippen MR) is 149 cm³/mol. The molecule has 0 aliphatic carbocycles. The van der Waals surface area contributed by atoms with Crippen LogP contribution in [0.3, 0.4) is 0 Å². The lowest BCUT2D eigenvalue weighted by molar-refractivity contribution is -0.115. The van der Waals surface area contributed by atoms with Crippen LogP contribution >= 0.6 is 23.1 Å². The number of carbonyl (C=O) groups excluding carboxylic acids is 1. The zero-order valence-corrected chi connectivity index (χ0v) is 22.8. The summed E-state index contributed by atoms with van der Waals surface area (Å²) in [7, 11) is 4.77. The van der Waals surface area contributed by atoms with Crippen LogP contribution in [0.5, 0.6) is 17.2 Å². The third-order valence-electron chi connectivity index (χ3n) is 5.85. The number of nitrogens with one attached hydrogen (secondary N) is 1. The second-order valence-corrected chi connectivity index (χ2v) is 10.2. The number of hydrogen-bond donors (Lipinski definition) is 1. The van der Waals surface area contributed by atoms with E-state index in [0.29, 0.717) is 57.7 Å². The molecular weight excluding hydrogens is 510 g/mol. The molecular formula is C27H29N3O5S2. The van der Waals surface area contributed by atoms with E-state index in [1.54, 1.807) is 32.0 Å². The summed E-state index contributed by atoms with van der Waals surface area (Å²) in [4.78, 5) is 31.3. The largest absolute Gasteiger partial charge is 0.497 e. The van der Waals surface area contributed by atoms with Crippen molar-refractivity contribution in [3.05, 3.63) is 69.8 Å². The first kappa shape index (κ1) is 26.6. The molecule has 1 amide bonds. The first-order chi connectivity index (χ1) is 18.0. The Hall–Kier alpha value is -3.50. The van der Waals surface area contributed by atoms with Crippen molar-refractivity contribution in [1.82, 2.24) is 9.55 Å². The molecule has 10 heteroatoms. The lowest BCUT2D eigenvalue weighted by atomic mass is 10.1. The number of amides is 1. The average molecular weight is 540 g/mol. The van der Waals surface area contributed by atoms with Crippen molar-refractivity contribution in [1.29, 1.82) is 0 Å². The molecule has 37 heavy (non-hydrogen) atoms. The van der Waals surface area contributed by atoms with E-state index in [0.717, 1.165) is 5.56 Å². The van der Waals surface area contributed by atoms with Gasteiger partial charge in [-0.2, -0.15) is 0 Å². The number of carbonyl (C=O) groups is 1. The fourth-order valence-corrected chi connectivity index (χ4v) is 5.68. The molecule has 2 heterocycles. The monoisotopic (exact) mass is 539 g/mol. The van der Waals surface area contributed by atoms with Gasteiger partial charge in [0, 0.05) is 18.3 Å². The molecule has 0 aliphatic rings. The molecule has 194 valence electrons. The summed E-state index contributed by atoms with van der Waals surface area (Å²) in [6, 6.07) is 14.8. The number of nitrogens with zero attached hydrogens (tertiary/aromatic N) is 2. The number of benzene rings is 2. The van der Waals surface area contributed by atoms with Gasteiger partial charge in [-0.15, -0.1) is 11.3 Å². The fraction of sp³-hybridized carbons (Fsp3) is 0.296. The summed E-state index contributed by atoms with van der Waals surface area (Å²) >= 11 is 2.68. The Labute approximate surface area is 223 Å². The summed E-state index contributed by atoms with van der Waals surface area (Å²) in [5.41, 5.74) is 2.18. The Morgan fingerprint density at radius 1 is 1.08 bits per heavy atom. The zero-order chi connectivity index (χ0) is 26.4. The quantitative estimate of drug-likeness (QED) is 0.206. The van der Waals surface area contributed by atoms with Crippen LogP contribution in [0, 0.1) is 0 Å². The highest BCUT2D eigenvalue weighted by Crippen LogP contribution is 2.30. The number of thioether (sulfide) groups is 1. The molecule has 4 aromatic rings. The number of fused-ring (bicyclic) bond motifs is 1. The SMILES string of the molecule is CCC(Sc1nc2ccsc2c(=O)n1CCc1ccc(OC)c(OC)c1)C(=O)Nc1cccc(OC)c1. The highest BCUT2D eigenvalue weighted by atomic mass is 32.2. The minimum atomic E-state index is -0.443. The van der Waals surface area contributed by atoms with Crippen molar-refractivity contribution in [2.75, 3.05) is 26.6 Å². The smallest absolute Gasteiger partial charge is 0.272 e. The molecule has 0 bridgehead atoms. The number of aromatic nitrogens is 2. The normalized spacial score (nSPS) is 11.8. The molecule has 1 unspecified atom stereocenters. The average Bonchev–Trinajstić information content (AvgIpc) is 3.40. The van der Waals surface area contributed by atoms with Crippen LogP contribution in [0.1, 0.15) is 18.9 Å². The second-order valence-electron chi connectivity index (χ2n) is 8.16. The van der Waals surface area contributed by atoms with Gasteiger partial charge >= 0.3 is 0 Å². The molecule has 8 nitrogen and oxygen atoms in total. The molecule has 0 fully saturated rings. The van der Waals surface area contributed by atoms with Crippen LogP contribution in [-0.2, 0) is 17.8 Å². The van der Waals surface area contributed by atoms with Crippen LogP contribution < -0.4 is 25.1 Å². The van der Waals surface area contributed by atoms with E-state index < -0.39 is 5.25 Å². The summed E-state index contributed by atoms with van der Waals surface area (Å²) in [6.07, 6.45) is 1.15. The van der Waals surface area contributed by atoms with Crippen LogP contribution in [-0.4, -0.2) is 42.0 Å². The van der Waals surface area contributed by atoms with Gasteiger partial charge in [0.15, 0.2) is 16.7 Å². The standard InChI is InChI=1S/C27H29N3O5S2/c1-5-23(25(31)28-18-7-6-8-19(16-18)33-2)37-27-29-20-12-14-36-24(20)26(32)30(27)13-11-17-9-10-21(34-3)22(15-17)35-4/h6-10,12,14-16,23H,5,11,13H2,1-4H3,(H,28,31). The molecule has 0 spiro atoms. The Morgan fingerprint density at radius 3 is 2.62 bits per heavy atom. The summed E-state index contributed by atoms with van der Waals surface area (Å²) in [5.74, 6) is 1.78. The Balaban J connectivity index is 1.60. The fourth-order valence-electron chi connectivity index (χ4n) is 3.86. The minimum absolute atomic E-state index is 0.106. The van der Waals surface area contributed by atoms with Gasteiger partial charge in [-0.25, -0.2) is 4.98 Å². The van der Waals surface area contributed by atoms with Crippen molar-refractivity contribution in [3.8, 4) is 17.2 Å². The van der Waals surface area contributed by atoms with Crippen LogP contribution in [0.4, 0.5) is 5.69 Å². The highest BCUT2D eigenvalue weighted by molar-refractivity contribution is 8.00. The van der Waals surface area contributed by atoms with E-state index in [1.807, 2.05) is 54.8 Å². The molecule has 0 saturated heterocycles. The number of hydrogen-bond acceptors (Lipinski definition) is 8. The molecule has 2 aromatic carbocycles. The summed E-state index contributed by atoms with van der Waals surface area (Å²) in [6.45, 7) is 2.35. The maximum absolute atomic E-state index is 13.4. The molecule has 1 atom stereocenters. The minimum Gasteiger partial charge on any atom is -0.497 e. The van der Waals surface area contributed by atoms with Crippen molar-refractivity contribution in [3.63, 3.8) is 0 Å². The number of rotatable bonds is 11. The topological polar surface area (TPSA) is 91.7 Å². The first-order valence-corrected chi connectivity index (χ1v) is 13.5. The van der Waals surface area contributed by atoms with Crippen LogP contribution in [0.25, 0.3) is 10.2 Å². The molecule has 2 aromatic heterocycles. The van der Waals surface area contributed by atoms with Gasteiger partial charge in [-0.3, -0.25) is 14.2 Å². The number of methoxy groups -OCH3 is 3. The Bertz CT molecular complexity index is 1450. The number of thiophene rings is 1. The van der Waals surface area contributed by atoms with E-state index in [-0.39, 0.29) is 11.5 Å². The highest BCUT2D eigenvalue weighted by Gasteiger charge is 2.23. The van der Waals surface area contributed by atoms with E-state index in [4.69, 9.17) is 19.2 Å². The molecule has 0 aliphatic heterocycles. The number of ether oxygens (including phenoxy) is 3. The summed E-state index contributed by atoms with van der Waals surface area (Å²) in [5, 5.41) is 4.89. The van der Waals surface area contributed by atoms with Gasteiger partial charge in [-0.05, 0) is 54.1 Å². The lowest BCUT2D eigenvalue weighted by Gasteiger charge is -2.18. The van der Waals surface area contributed by atoms with Gasteiger partial charge in [0.2, 0.25) is 5.91 Å². The third-order valence-corrected chi connectivity index (χ3v) is 8.10.